The smallest absolute Gasteiger partial charge is 0.379 e. The Morgan fingerprint density at radius 2 is 1.51 bits per heavy atom. The molecule has 12 nitrogen and oxygen atoms in total. The Kier molecular flexibility index (Phi) is 6.08. The quantitative estimate of drug-likeness (QED) is 0.0736. The molecule has 3 fully saturated rings. The van der Waals surface area contributed by atoms with Crippen molar-refractivity contribution in [2.45, 2.75) is 6.42 Å². The van der Waals surface area contributed by atoms with Crippen LogP contribution in [0, 0.1) is 45.6 Å². The molecule has 2 heterocycles. The maximum absolute atomic E-state index is 13.8. The molecule has 5 aliphatic rings. The number of hydrogen-bond donors (Lipinski definition) is 0. The van der Waals surface area contributed by atoms with Gasteiger partial charge in [-0.15, -0.1) is 0 Å². The number of amides is 3. The van der Waals surface area contributed by atoms with Crippen molar-refractivity contribution in [3.8, 4) is 5.75 Å². The zero-order chi connectivity index (χ0) is 30.0. The van der Waals surface area contributed by atoms with Gasteiger partial charge in [-0.25, -0.2) is 9.80 Å². The molecule has 0 radical (unpaired) electrons. The summed E-state index contributed by atoms with van der Waals surface area (Å²) in [5.74, 6) is -3.74. The molecule has 2 aromatic carbocycles. The molecule has 2 saturated carbocycles. The lowest BCUT2D eigenvalue weighted by molar-refractivity contribution is -0.384. The highest BCUT2D eigenvalue weighted by molar-refractivity contribution is 6.10. The molecule has 3 amide bonds. The summed E-state index contributed by atoms with van der Waals surface area (Å²) >= 11 is 0. The first-order valence-electron chi connectivity index (χ1n) is 13.7. The Bertz CT molecular complexity index is 1680. The van der Waals surface area contributed by atoms with Gasteiger partial charge in [0.05, 0.1) is 23.0 Å². The van der Waals surface area contributed by atoms with Crippen LogP contribution < -0.4 is 4.74 Å². The second kappa shape index (κ2) is 9.86. The van der Waals surface area contributed by atoms with Crippen LogP contribution in [0.4, 0.5) is 5.69 Å². The van der Waals surface area contributed by atoms with Crippen LogP contribution in [0.1, 0.15) is 37.7 Å². The summed E-state index contributed by atoms with van der Waals surface area (Å²) in [6, 6.07) is 13.3. The largest absolute Gasteiger partial charge is 0.457 e. The van der Waals surface area contributed by atoms with Crippen LogP contribution in [-0.4, -0.2) is 51.0 Å². The fourth-order valence-electron chi connectivity index (χ4n) is 6.78. The summed E-state index contributed by atoms with van der Waals surface area (Å²) in [6.45, 7) is -0.645. The van der Waals surface area contributed by atoms with Gasteiger partial charge in [-0.05, 0) is 78.6 Å². The third kappa shape index (κ3) is 4.33. The highest BCUT2D eigenvalue weighted by Crippen LogP contribution is 2.65. The summed E-state index contributed by atoms with van der Waals surface area (Å²) in [7, 11) is 0. The van der Waals surface area contributed by atoms with Crippen molar-refractivity contribution in [2.24, 2.45) is 35.5 Å². The monoisotopic (exact) mass is 581 g/mol. The zero-order valence-electron chi connectivity index (χ0n) is 22.4. The molecule has 216 valence electrons. The van der Waals surface area contributed by atoms with Gasteiger partial charge in [0, 0.05) is 23.3 Å². The third-order valence-corrected chi connectivity index (χ3v) is 8.84. The van der Waals surface area contributed by atoms with Crippen LogP contribution in [0.5, 0.6) is 5.75 Å². The summed E-state index contributed by atoms with van der Waals surface area (Å²) < 4.78 is 10.3. The summed E-state index contributed by atoms with van der Waals surface area (Å²) in [6.07, 6.45) is 6.30. The van der Waals surface area contributed by atoms with Gasteiger partial charge in [0.2, 0.25) is 5.76 Å². The van der Waals surface area contributed by atoms with Crippen LogP contribution in [0.25, 0.3) is 0 Å². The van der Waals surface area contributed by atoms with Crippen molar-refractivity contribution < 1.29 is 38.1 Å². The molecule has 0 N–H and O–H groups in total. The predicted octanol–water partition coefficient (Wildman–Crippen LogP) is 3.70. The van der Waals surface area contributed by atoms with Gasteiger partial charge in [-0.1, -0.05) is 12.2 Å². The van der Waals surface area contributed by atoms with Crippen LogP contribution in [0.15, 0.2) is 83.5 Å². The lowest BCUT2D eigenvalue weighted by Crippen LogP contribution is -2.52. The molecule has 4 aliphatic carbocycles. The highest BCUT2D eigenvalue weighted by atomic mass is 16.6. The Morgan fingerprint density at radius 3 is 2.07 bits per heavy atom. The average Bonchev–Trinajstić information content (AvgIpc) is 3.58. The van der Waals surface area contributed by atoms with Gasteiger partial charge in [-0.2, -0.15) is 5.01 Å². The molecule has 8 rings (SSSR count). The van der Waals surface area contributed by atoms with E-state index in [2.05, 4.69) is 0 Å². The van der Waals surface area contributed by atoms with E-state index in [1.54, 1.807) is 0 Å². The maximum Gasteiger partial charge on any atom is 0.379 e. The molecule has 43 heavy (non-hydrogen) atoms. The molecule has 6 atom stereocenters. The molecule has 3 aromatic rings. The Hall–Kier alpha value is -5.39. The first-order valence-corrected chi connectivity index (χ1v) is 13.7. The summed E-state index contributed by atoms with van der Waals surface area (Å²) in [4.78, 5) is 77.6. The topological polar surface area (TPSA) is 157 Å². The molecule has 1 aliphatic heterocycles. The number of furan rings is 1. The van der Waals surface area contributed by atoms with Crippen LogP contribution in [0.2, 0.25) is 0 Å². The number of imide groups is 1. The maximum atomic E-state index is 13.8. The number of carbonyl (C=O) groups is 5. The van der Waals surface area contributed by atoms with Crippen molar-refractivity contribution in [1.29, 1.82) is 0 Å². The van der Waals surface area contributed by atoms with E-state index in [-0.39, 0.29) is 40.2 Å². The fraction of sp³-hybridized carbons (Fsp3) is 0.258. The number of benzene rings is 2. The lowest BCUT2D eigenvalue weighted by Gasteiger charge is -2.37. The number of nitro benzene ring substituents is 1. The van der Waals surface area contributed by atoms with Gasteiger partial charge in [0.1, 0.15) is 12.3 Å². The minimum atomic E-state index is -0.821. The van der Waals surface area contributed by atoms with Gasteiger partial charge in [0.25, 0.3) is 23.4 Å². The van der Waals surface area contributed by atoms with Crippen molar-refractivity contribution in [3.63, 3.8) is 0 Å². The number of hydrazine groups is 1. The van der Waals surface area contributed by atoms with E-state index in [4.69, 9.17) is 9.15 Å². The second-order valence-corrected chi connectivity index (χ2v) is 11.1. The Labute approximate surface area is 243 Å². The molecule has 12 heteroatoms. The molecule has 0 unspecified atom stereocenters. The van der Waals surface area contributed by atoms with Crippen molar-refractivity contribution in [2.75, 3.05) is 6.54 Å². The Balaban J connectivity index is 1.16. The first kappa shape index (κ1) is 26.5. The number of ether oxygens (including phenoxy) is 1. The van der Waals surface area contributed by atoms with Gasteiger partial charge >= 0.3 is 5.97 Å². The molecular weight excluding hydrogens is 558 g/mol. The third-order valence-electron chi connectivity index (χ3n) is 8.84. The number of esters is 1. The van der Waals surface area contributed by atoms with E-state index in [0.29, 0.717) is 11.8 Å². The zero-order valence-corrected chi connectivity index (χ0v) is 22.4. The normalized spacial score (nSPS) is 26.1. The molecule has 1 saturated heterocycles. The number of rotatable bonds is 8. The van der Waals surface area contributed by atoms with E-state index in [0.717, 1.165) is 28.6 Å². The molecular formula is C31H23N3O9. The molecule has 2 bridgehead atoms. The minimum Gasteiger partial charge on any atom is -0.457 e. The number of allylic oxidation sites excluding steroid dienone is 2. The van der Waals surface area contributed by atoms with E-state index >= 15 is 0 Å². The SMILES string of the molecule is O=C(CN(C(=O)c1ccc([N+](=O)[O-])cc1)N1C(=O)[C@@H]2[C@H]3C=C[C@@H]([C@@H]4C[C@@H]34)[C@H]2C1=O)c1ccc(OC(=O)c2ccco2)cc1. The highest BCUT2D eigenvalue weighted by Gasteiger charge is 2.68. The standard InChI is InChI=1S/C31H23N3O9/c35-24(16-5-9-19(10-6-16)43-31(39)25-2-1-13-42-25)15-32(28(36)17-3-7-18(8-4-17)34(40)41)33-29(37)26-20-11-12-21(23-14-22(20)23)27(26)30(33)38/h1-13,20-23,26-27H,14-15H2/t20-,21-,22-,23-,26+,27+/m0/s1. The van der Waals surface area contributed by atoms with E-state index in [1.807, 2.05) is 12.2 Å². The number of non-ortho nitro benzene ring substituents is 1. The van der Waals surface area contributed by atoms with Crippen molar-refractivity contribution in [1.82, 2.24) is 10.0 Å². The molecule has 0 spiro atoms. The minimum absolute atomic E-state index is 0.00186. The van der Waals surface area contributed by atoms with Crippen LogP contribution in [-0.2, 0) is 9.59 Å². The average molecular weight is 582 g/mol. The van der Waals surface area contributed by atoms with Gasteiger partial charge < -0.3 is 9.15 Å². The van der Waals surface area contributed by atoms with Gasteiger partial charge in [-0.3, -0.25) is 29.3 Å². The van der Waals surface area contributed by atoms with Crippen LogP contribution in [0.3, 0.4) is 0 Å². The summed E-state index contributed by atoms with van der Waals surface area (Å²) in [5.41, 5.74) is -0.134. The lowest BCUT2D eigenvalue weighted by atomic mass is 9.63. The van der Waals surface area contributed by atoms with E-state index in [9.17, 15) is 34.1 Å². The number of Topliss-reactive ketones (excluding diaryl/α,β-unsaturated/α-hetero) is 1. The predicted molar refractivity (Wildman–Crippen MR) is 145 cm³/mol. The molecule has 1 aromatic heterocycles. The van der Waals surface area contributed by atoms with Crippen molar-refractivity contribution in [3.05, 3.63) is 106 Å². The number of hydrogen-bond acceptors (Lipinski definition) is 9. The first-order chi connectivity index (χ1) is 20.7. The van der Waals surface area contributed by atoms with Crippen LogP contribution >= 0.6 is 0 Å². The Morgan fingerprint density at radius 1 is 0.907 bits per heavy atom. The fourth-order valence-corrected chi connectivity index (χ4v) is 6.78. The number of carbonyl (C=O) groups excluding carboxylic acids is 5. The number of ketones is 1. The number of nitrogens with zero attached hydrogens (tertiary/aromatic N) is 3. The van der Waals surface area contributed by atoms with E-state index < -0.39 is 52.8 Å². The second-order valence-electron chi connectivity index (χ2n) is 11.1. The van der Waals surface area contributed by atoms with Crippen molar-refractivity contribution >= 4 is 35.2 Å². The summed E-state index contributed by atoms with van der Waals surface area (Å²) in [5, 5.41) is 12.8. The van der Waals surface area contributed by atoms with E-state index in [1.165, 1.54) is 54.8 Å². The van der Waals surface area contributed by atoms with Gasteiger partial charge in [0.15, 0.2) is 5.78 Å². The number of nitro groups is 1.